The molecule has 0 saturated heterocycles. The lowest BCUT2D eigenvalue weighted by atomic mass is 10.2. The van der Waals surface area contributed by atoms with Gasteiger partial charge < -0.3 is 4.90 Å². The molecule has 0 aliphatic heterocycles. The minimum atomic E-state index is 0.0282. The van der Waals surface area contributed by atoms with E-state index in [1.165, 1.54) is 25.7 Å². The first-order valence-corrected chi connectivity index (χ1v) is 6.46. The van der Waals surface area contributed by atoms with Crippen LogP contribution in [0.15, 0.2) is 18.3 Å². The fourth-order valence-electron chi connectivity index (χ4n) is 2.63. The maximum atomic E-state index is 11.2. The third kappa shape index (κ3) is 2.65. The monoisotopic (exact) mass is 232 g/mol. The third-order valence-electron chi connectivity index (χ3n) is 3.55. The van der Waals surface area contributed by atoms with E-state index in [0.29, 0.717) is 11.7 Å². The third-order valence-corrected chi connectivity index (χ3v) is 3.55. The van der Waals surface area contributed by atoms with Crippen molar-refractivity contribution in [3.8, 4) is 0 Å². The van der Waals surface area contributed by atoms with E-state index in [1.807, 2.05) is 18.3 Å². The van der Waals surface area contributed by atoms with Gasteiger partial charge in [-0.15, -0.1) is 0 Å². The summed E-state index contributed by atoms with van der Waals surface area (Å²) in [7, 11) is 0. The van der Waals surface area contributed by atoms with Crippen molar-refractivity contribution in [2.45, 2.75) is 45.6 Å². The van der Waals surface area contributed by atoms with Gasteiger partial charge in [-0.05, 0) is 31.9 Å². The van der Waals surface area contributed by atoms with E-state index < -0.39 is 0 Å². The summed E-state index contributed by atoms with van der Waals surface area (Å²) < 4.78 is 0. The Balaban J connectivity index is 2.16. The van der Waals surface area contributed by atoms with Crippen LogP contribution in [0.1, 0.15) is 50.0 Å². The van der Waals surface area contributed by atoms with Crippen molar-refractivity contribution in [1.82, 2.24) is 4.98 Å². The highest BCUT2D eigenvalue weighted by Gasteiger charge is 2.21. The van der Waals surface area contributed by atoms with Gasteiger partial charge in [0.15, 0.2) is 5.78 Å². The first-order valence-electron chi connectivity index (χ1n) is 6.46. The number of carbonyl (C=O) groups is 1. The predicted octanol–water partition coefficient (Wildman–Crippen LogP) is 3.05. The molecule has 0 spiro atoms. The fraction of sp³-hybridized carbons (Fsp3) is 0.571. The van der Waals surface area contributed by atoms with Crippen LogP contribution < -0.4 is 4.90 Å². The molecule has 1 aromatic rings. The van der Waals surface area contributed by atoms with E-state index in [0.717, 1.165) is 12.2 Å². The molecule has 1 aliphatic carbocycles. The zero-order valence-electron chi connectivity index (χ0n) is 10.6. The second-order valence-electron chi connectivity index (χ2n) is 4.68. The largest absolute Gasteiger partial charge is 0.368 e. The van der Waals surface area contributed by atoms with Crippen LogP contribution in [0.3, 0.4) is 0 Å². The van der Waals surface area contributed by atoms with E-state index in [2.05, 4.69) is 16.8 Å². The average Bonchev–Trinajstić information content (AvgIpc) is 2.84. The van der Waals surface area contributed by atoms with Gasteiger partial charge in [0.05, 0.1) is 11.9 Å². The molecular weight excluding hydrogens is 212 g/mol. The van der Waals surface area contributed by atoms with Crippen molar-refractivity contribution in [3.05, 3.63) is 24.0 Å². The smallest absolute Gasteiger partial charge is 0.178 e. The van der Waals surface area contributed by atoms with Gasteiger partial charge in [-0.1, -0.05) is 12.8 Å². The van der Waals surface area contributed by atoms with Crippen molar-refractivity contribution in [3.63, 3.8) is 0 Å². The normalized spacial score (nSPS) is 16.1. The van der Waals surface area contributed by atoms with Gasteiger partial charge >= 0.3 is 0 Å². The summed E-state index contributed by atoms with van der Waals surface area (Å²) in [6, 6.07) is 4.51. The molecule has 0 amide bonds. The highest BCUT2D eigenvalue weighted by atomic mass is 16.1. The van der Waals surface area contributed by atoms with Crippen molar-refractivity contribution in [2.75, 3.05) is 11.4 Å². The van der Waals surface area contributed by atoms with Gasteiger partial charge in [0, 0.05) is 19.5 Å². The number of carbonyl (C=O) groups excluding carboxylic acids is 1. The predicted molar refractivity (Wildman–Crippen MR) is 69.5 cm³/mol. The Morgan fingerprint density at radius 1 is 1.41 bits per heavy atom. The second-order valence-corrected chi connectivity index (χ2v) is 4.68. The summed E-state index contributed by atoms with van der Waals surface area (Å²) in [5, 5.41) is 0. The number of hydrogen-bond donors (Lipinski definition) is 0. The van der Waals surface area contributed by atoms with Crippen molar-refractivity contribution in [2.24, 2.45) is 0 Å². The van der Waals surface area contributed by atoms with Crippen LogP contribution in [0.5, 0.6) is 0 Å². The van der Waals surface area contributed by atoms with Gasteiger partial charge in [0.1, 0.15) is 5.69 Å². The molecule has 0 aromatic carbocycles. The minimum absolute atomic E-state index is 0.0282. The molecule has 0 bridgehead atoms. The van der Waals surface area contributed by atoms with Crippen LogP contribution in [-0.2, 0) is 0 Å². The Bertz CT molecular complexity index is 380. The highest BCUT2D eigenvalue weighted by Crippen LogP contribution is 2.27. The number of rotatable bonds is 4. The second kappa shape index (κ2) is 5.30. The summed E-state index contributed by atoms with van der Waals surface area (Å²) >= 11 is 0. The molecule has 1 fully saturated rings. The molecule has 1 saturated carbocycles. The molecular formula is C14H20N2O. The molecule has 1 aromatic heterocycles. The number of hydrogen-bond acceptors (Lipinski definition) is 3. The average molecular weight is 232 g/mol. The molecule has 3 nitrogen and oxygen atoms in total. The lowest BCUT2D eigenvalue weighted by Crippen LogP contribution is -2.33. The van der Waals surface area contributed by atoms with Gasteiger partial charge in [-0.2, -0.15) is 0 Å². The number of nitrogens with zero attached hydrogens (tertiary/aromatic N) is 2. The summed E-state index contributed by atoms with van der Waals surface area (Å²) in [6.07, 6.45) is 7.06. The molecule has 2 rings (SSSR count). The quantitative estimate of drug-likeness (QED) is 0.748. The zero-order chi connectivity index (χ0) is 12.3. The van der Waals surface area contributed by atoms with Crippen molar-refractivity contribution < 1.29 is 4.79 Å². The SMILES string of the molecule is CCN(c1ccc(C(C)=O)nc1)C1CCCC1. The maximum absolute atomic E-state index is 11.2. The van der Waals surface area contributed by atoms with Gasteiger partial charge in [-0.25, -0.2) is 0 Å². The lowest BCUT2D eigenvalue weighted by Gasteiger charge is -2.29. The Labute approximate surface area is 103 Å². The standard InChI is InChI=1S/C14H20N2O/c1-3-16(12-6-4-5-7-12)13-8-9-14(11(2)17)15-10-13/h8-10,12H,3-7H2,1-2H3. The van der Waals surface area contributed by atoms with Crippen LogP contribution in [0.2, 0.25) is 0 Å². The summed E-state index contributed by atoms with van der Waals surface area (Å²) in [5.41, 5.74) is 1.70. The van der Waals surface area contributed by atoms with Crippen LogP contribution in [0.4, 0.5) is 5.69 Å². The maximum Gasteiger partial charge on any atom is 0.178 e. The summed E-state index contributed by atoms with van der Waals surface area (Å²) in [6.45, 7) is 4.74. The van der Waals surface area contributed by atoms with Crippen LogP contribution in [-0.4, -0.2) is 23.4 Å². The molecule has 3 heteroatoms. The molecule has 17 heavy (non-hydrogen) atoms. The Kier molecular flexibility index (Phi) is 3.77. The van der Waals surface area contributed by atoms with E-state index in [9.17, 15) is 4.79 Å². The minimum Gasteiger partial charge on any atom is -0.368 e. The lowest BCUT2D eigenvalue weighted by molar-refractivity contribution is 0.101. The zero-order valence-corrected chi connectivity index (χ0v) is 10.6. The number of Topliss-reactive ketones (excluding diaryl/α,β-unsaturated/α-hetero) is 1. The molecule has 0 radical (unpaired) electrons. The topological polar surface area (TPSA) is 33.2 Å². The molecule has 1 heterocycles. The fourth-order valence-corrected chi connectivity index (χ4v) is 2.63. The molecule has 0 atom stereocenters. The molecule has 0 unspecified atom stereocenters. The molecule has 0 N–H and O–H groups in total. The van der Waals surface area contributed by atoms with E-state index >= 15 is 0 Å². The van der Waals surface area contributed by atoms with E-state index in [4.69, 9.17) is 0 Å². The number of aromatic nitrogens is 1. The van der Waals surface area contributed by atoms with Crippen molar-refractivity contribution in [1.29, 1.82) is 0 Å². The Hall–Kier alpha value is -1.38. The molecule has 92 valence electrons. The number of anilines is 1. The van der Waals surface area contributed by atoms with Gasteiger partial charge in [0.2, 0.25) is 0 Å². The first kappa shape index (κ1) is 12.1. The number of pyridine rings is 1. The van der Waals surface area contributed by atoms with E-state index in [-0.39, 0.29) is 5.78 Å². The summed E-state index contributed by atoms with van der Waals surface area (Å²) in [5.74, 6) is 0.0282. The van der Waals surface area contributed by atoms with Gasteiger partial charge in [-0.3, -0.25) is 9.78 Å². The first-order chi connectivity index (χ1) is 8.22. The highest BCUT2D eigenvalue weighted by molar-refractivity contribution is 5.92. The van der Waals surface area contributed by atoms with Crippen LogP contribution in [0.25, 0.3) is 0 Å². The number of ketones is 1. The Morgan fingerprint density at radius 2 is 2.12 bits per heavy atom. The van der Waals surface area contributed by atoms with Crippen molar-refractivity contribution >= 4 is 11.5 Å². The van der Waals surface area contributed by atoms with Crippen LogP contribution >= 0.6 is 0 Å². The van der Waals surface area contributed by atoms with E-state index in [1.54, 1.807) is 6.92 Å². The summed E-state index contributed by atoms with van der Waals surface area (Å²) in [4.78, 5) is 17.8. The Morgan fingerprint density at radius 3 is 2.59 bits per heavy atom. The molecule has 1 aliphatic rings. The van der Waals surface area contributed by atoms with Crippen LogP contribution in [0, 0.1) is 0 Å². The van der Waals surface area contributed by atoms with Gasteiger partial charge in [0.25, 0.3) is 0 Å².